The molecule has 0 radical (unpaired) electrons. The van der Waals surface area contributed by atoms with Gasteiger partial charge in [-0.3, -0.25) is 0 Å². The van der Waals surface area contributed by atoms with Crippen molar-refractivity contribution in [3.8, 4) is 0 Å². The number of hydrogen-bond donors (Lipinski definition) is 0. The first-order valence-corrected chi connectivity index (χ1v) is 9.05. The van der Waals surface area contributed by atoms with Crippen molar-refractivity contribution in [2.24, 2.45) is 0 Å². The van der Waals surface area contributed by atoms with Gasteiger partial charge in [-0.25, -0.2) is 4.79 Å². The van der Waals surface area contributed by atoms with Gasteiger partial charge in [-0.05, 0) is 28.8 Å². The maximum Gasteiger partial charge on any atom is 0.355 e. The van der Waals surface area contributed by atoms with E-state index in [1.807, 2.05) is 66.7 Å². The monoisotopic (exact) mass is 355 g/mol. The molecule has 1 heterocycles. The second-order valence-electron chi connectivity index (χ2n) is 6.53. The number of para-hydroxylation sites is 1. The Kier molecular flexibility index (Phi) is 4.75. The van der Waals surface area contributed by atoms with E-state index in [0.29, 0.717) is 12.2 Å². The number of methoxy groups -OCH3 is 1. The third-order valence-electron chi connectivity index (χ3n) is 4.97. The molecule has 1 aliphatic rings. The minimum Gasteiger partial charge on any atom is -0.464 e. The van der Waals surface area contributed by atoms with Crippen molar-refractivity contribution < 1.29 is 9.53 Å². The summed E-state index contributed by atoms with van der Waals surface area (Å²) in [6.45, 7) is 0.697. The third-order valence-corrected chi connectivity index (χ3v) is 4.97. The molecule has 0 spiro atoms. The van der Waals surface area contributed by atoms with E-state index in [-0.39, 0.29) is 11.9 Å². The molecule has 1 unspecified atom stereocenters. The van der Waals surface area contributed by atoms with Crippen LogP contribution in [0.25, 0.3) is 5.57 Å². The van der Waals surface area contributed by atoms with E-state index >= 15 is 0 Å². The number of carbonyl (C=O) groups excluding carboxylic acids is 1. The summed E-state index contributed by atoms with van der Waals surface area (Å²) < 4.78 is 5.18. The molecule has 0 amide bonds. The van der Waals surface area contributed by atoms with Crippen molar-refractivity contribution in [1.29, 1.82) is 0 Å². The molecule has 3 aromatic rings. The Hall–Kier alpha value is -3.33. The summed E-state index contributed by atoms with van der Waals surface area (Å²) in [5, 5.41) is 0. The van der Waals surface area contributed by atoms with Crippen LogP contribution in [-0.2, 0) is 9.53 Å². The number of hydrogen-bond acceptors (Lipinski definition) is 3. The first kappa shape index (κ1) is 17.1. The lowest BCUT2D eigenvalue weighted by molar-refractivity contribution is -0.136. The summed E-state index contributed by atoms with van der Waals surface area (Å²) in [7, 11) is 1.44. The maximum absolute atomic E-state index is 12.8. The van der Waals surface area contributed by atoms with Crippen LogP contribution in [-0.4, -0.2) is 19.6 Å². The summed E-state index contributed by atoms with van der Waals surface area (Å²) in [4.78, 5) is 14.9. The predicted octanol–water partition coefficient (Wildman–Crippen LogP) is 4.87. The first-order valence-electron chi connectivity index (χ1n) is 9.05. The Morgan fingerprint density at radius 3 is 2.00 bits per heavy atom. The lowest BCUT2D eigenvalue weighted by Crippen LogP contribution is -2.25. The molecule has 0 fully saturated rings. The zero-order valence-corrected chi connectivity index (χ0v) is 15.2. The maximum atomic E-state index is 12.8. The molecule has 0 bridgehead atoms. The van der Waals surface area contributed by atoms with Crippen LogP contribution in [0, 0.1) is 0 Å². The van der Waals surface area contributed by atoms with E-state index in [1.54, 1.807) is 0 Å². The van der Waals surface area contributed by atoms with Crippen LogP contribution in [0.15, 0.2) is 96.7 Å². The molecule has 0 aliphatic carbocycles. The highest BCUT2D eigenvalue weighted by atomic mass is 16.5. The van der Waals surface area contributed by atoms with Gasteiger partial charge in [-0.2, -0.15) is 0 Å². The van der Waals surface area contributed by atoms with Crippen LogP contribution in [0.2, 0.25) is 0 Å². The minimum atomic E-state index is -0.309. The fraction of sp³-hybridized carbons (Fsp3) is 0.125. The molecule has 3 heteroatoms. The Morgan fingerprint density at radius 2 is 1.41 bits per heavy atom. The van der Waals surface area contributed by atoms with Crippen LogP contribution in [0.5, 0.6) is 0 Å². The van der Waals surface area contributed by atoms with Crippen molar-refractivity contribution in [2.75, 3.05) is 18.6 Å². The molecular formula is C24H21NO2. The molecule has 0 saturated carbocycles. The lowest BCUT2D eigenvalue weighted by atomic mass is 9.88. The van der Waals surface area contributed by atoms with Gasteiger partial charge >= 0.3 is 5.97 Å². The fourth-order valence-corrected chi connectivity index (χ4v) is 3.75. The number of carbonyl (C=O) groups is 1. The van der Waals surface area contributed by atoms with Crippen LogP contribution in [0.1, 0.15) is 17.0 Å². The SMILES string of the molecule is COC(=O)C1=C(c2ccccc2)C(c2ccccc2)CN1c1ccccc1. The number of nitrogens with zero attached hydrogens (tertiary/aromatic N) is 1. The van der Waals surface area contributed by atoms with Crippen LogP contribution in [0.4, 0.5) is 5.69 Å². The zero-order valence-electron chi connectivity index (χ0n) is 15.2. The largest absolute Gasteiger partial charge is 0.464 e. The Balaban J connectivity index is 1.93. The summed E-state index contributed by atoms with van der Waals surface area (Å²) in [5.41, 5.74) is 4.85. The minimum absolute atomic E-state index is 0.0860. The van der Waals surface area contributed by atoms with E-state index in [2.05, 4.69) is 29.2 Å². The Labute approximate surface area is 159 Å². The average Bonchev–Trinajstić information content (AvgIpc) is 3.16. The van der Waals surface area contributed by atoms with Crippen molar-refractivity contribution in [2.45, 2.75) is 5.92 Å². The van der Waals surface area contributed by atoms with Gasteiger partial charge in [0.2, 0.25) is 0 Å². The highest BCUT2D eigenvalue weighted by molar-refractivity contribution is 6.04. The molecule has 1 aliphatic heterocycles. The topological polar surface area (TPSA) is 29.5 Å². The number of benzene rings is 3. The summed E-state index contributed by atoms with van der Waals surface area (Å²) in [6, 6.07) is 30.5. The number of anilines is 1. The molecule has 4 rings (SSSR count). The standard InChI is InChI=1S/C24H21NO2/c1-27-24(26)23-22(19-13-7-3-8-14-19)21(18-11-5-2-6-12-18)17-25(23)20-15-9-4-10-16-20/h2-16,21H,17H2,1H3. The highest BCUT2D eigenvalue weighted by Crippen LogP contribution is 2.44. The van der Waals surface area contributed by atoms with Crippen LogP contribution in [0.3, 0.4) is 0 Å². The van der Waals surface area contributed by atoms with Gasteiger partial charge in [0.1, 0.15) is 5.70 Å². The van der Waals surface area contributed by atoms with Crippen molar-refractivity contribution in [3.63, 3.8) is 0 Å². The first-order chi connectivity index (χ1) is 13.3. The molecule has 1 atom stereocenters. The summed E-state index contributed by atoms with van der Waals surface area (Å²) in [5.74, 6) is -0.223. The van der Waals surface area contributed by atoms with Gasteiger partial charge in [0.15, 0.2) is 0 Å². The van der Waals surface area contributed by atoms with Crippen LogP contribution < -0.4 is 4.90 Å². The van der Waals surface area contributed by atoms with E-state index in [9.17, 15) is 4.79 Å². The molecule has 134 valence electrons. The molecule has 0 aromatic heterocycles. The lowest BCUT2D eigenvalue weighted by Gasteiger charge is -2.21. The second-order valence-corrected chi connectivity index (χ2v) is 6.53. The van der Waals surface area contributed by atoms with Gasteiger partial charge in [0.25, 0.3) is 0 Å². The summed E-state index contributed by atoms with van der Waals surface area (Å²) >= 11 is 0. The highest BCUT2D eigenvalue weighted by Gasteiger charge is 2.38. The van der Waals surface area contributed by atoms with Crippen LogP contribution >= 0.6 is 0 Å². The quantitative estimate of drug-likeness (QED) is 0.625. The average molecular weight is 355 g/mol. The predicted molar refractivity (Wildman–Crippen MR) is 108 cm³/mol. The number of esters is 1. The molecule has 0 N–H and O–H groups in total. The van der Waals surface area contributed by atoms with Gasteiger partial charge in [0.05, 0.1) is 7.11 Å². The molecular weight excluding hydrogens is 334 g/mol. The van der Waals surface area contributed by atoms with Gasteiger partial charge in [-0.1, -0.05) is 78.9 Å². The number of rotatable bonds is 4. The summed E-state index contributed by atoms with van der Waals surface area (Å²) in [6.07, 6.45) is 0. The fourth-order valence-electron chi connectivity index (χ4n) is 3.75. The van der Waals surface area contributed by atoms with Gasteiger partial charge in [-0.15, -0.1) is 0 Å². The number of ether oxygens (including phenoxy) is 1. The van der Waals surface area contributed by atoms with Crippen molar-refractivity contribution in [1.82, 2.24) is 0 Å². The smallest absolute Gasteiger partial charge is 0.355 e. The van der Waals surface area contributed by atoms with E-state index in [1.165, 1.54) is 12.7 Å². The molecule has 27 heavy (non-hydrogen) atoms. The molecule has 3 nitrogen and oxygen atoms in total. The normalized spacial score (nSPS) is 16.5. The zero-order chi connectivity index (χ0) is 18.6. The second kappa shape index (κ2) is 7.50. The van der Waals surface area contributed by atoms with Gasteiger partial charge < -0.3 is 9.64 Å². The Morgan fingerprint density at radius 1 is 0.852 bits per heavy atom. The van der Waals surface area contributed by atoms with Crippen molar-refractivity contribution >= 4 is 17.2 Å². The van der Waals surface area contributed by atoms with Gasteiger partial charge in [0, 0.05) is 18.2 Å². The Bertz CT molecular complexity index is 949. The third kappa shape index (κ3) is 3.24. The van der Waals surface area contributed by atoms with E-state index in [0.717, 1.165) is 16.8 Å². The van der Waals surface area contributed by atoms with Crippen molar-refractivity contribution in [3.05, 3.63) is 108 Å². The molecule has 3 aromatic carbocycles. The van der Waals surface area contributed by atoms with E-state index < -0.39 is 0 Å². The van der Waals surface area contributed by atoms with E-state index in [4.69, 9.17) is 4.74 Å². The molecule has 0 saturated heterocycles.